The average molecular weight is 423 g/mol. The molecule has 3 rings (SSSR count). The Morgan fingerprint density at radius 3 is 2.69 bits per heavy atom. The molecule has 0 aromatic heterocycles. The van der Waals surface area contributed by atoms with Crippen LogP contribution in [0.3, 0.4) is 0 Å². The van der Waals surface area contributed by atoms with Gasteiger partial charge in [0.05, 0.1) is 23.2 Å². The first-order valence-corrected chi connectivity index (χ1v) is 9.52. The summed E-state index contributed by atoms with van der Waals surface area (Å²) >= 11 is 3.45. The van der Waals surface area contributed by atoms with Gasteiger partial charge in [-0.3, -0.25) is 0 Å². The Balaban J connectivity index is 1.91. The van der Waals surface area contributed by atoms with Crippen LogP contribution in [-0.4, -0.2) is 25.2 Å². The van der Waals surface area contributed by atoms with E-state index in [1.165, 1.54) is 0 Å². The van der Waals surface area contributed by atoms with E-state index in [4.69, 9.17) is 9.47 Å². The molecule has 0 radical (unpaired) electrons. The third-order valence-corrected chi connectivity index (χ3v) is 5.66. The van der Waals surface area contributed by atoms with E-state index in [0.29, 0.717) is 22.9 Å². The Morgan fingerprint density at radius 2 is 2.08 bits per heavy atom. The predicted octanol–water partition coefficient (Wildman–Crippen LogP) is 3.82. The summed E-state index contributed by atoms with van der Waals surface area (Å²) in [5.74, 6) is 0.656. The lowest BCUT2D eigenvalue weighted by molar-refractivity contribution is -0.146. The van der Waals surface area contributed by atoms with E-state index >= 15 is 0 Å². The average Bonchev–Trinajstić information content (AvgIpc) is 2.98. The quantitative estimate of drug-likeness (QED) is 0.722. The van der Waals surface area contributed by atoms with E-state index in [-0.39, 0.29) is 18.1 Å². The Labute approximate surface area is 161 Å². The van der Waals surface area contributed by atoms with Crippen molar-refractivity contribution in [2.45, 2.75) is 45.3 Å². The van der Waals surface area contributed by atoms with Gasteiger partial charge in [0.25, 0.3) is 0 Å². The maximum Gasteiger partial charge on any atom is 0.338 e. The Kier molecular flexibility index (Phi) is 5.55. The fraction of sp³-hybridized carbons (Fsp3) is 0.474. The fourth-order valence-electron chi connectivity index (χ4n) is 3.56. The SMILES string of the molecule is COc1ccc([C@H]2NC(=O)NC(C)=C2C(=O)O[C@@H]2CCC[C@H]2C)cc1Br. The van der Waals surface area contributed by atoms with Gasteiger partial charge in [-0.1, -0.05) is 13.0 Å². The van der Waals surface area contributed by atoms with Gasteiger partial charge in [-0.15, -0.1) is 0 Å². The van der Waals surface area contributed by atoms with Crippen LogP contribution in [-0.2, 0) is 9.53 Å². The zero-order valence-corrected chi connectivity index (χ0v) is 16.7. The van der Waals surface area contributed by atoms with Gasteiger partial charge >= 0.3 is 12.0 Å². The fourth-order valence-corrected chi connectivity index (χ4v) is 4.12. The number of amides is 2. The molecule has 0 saturated heterocycles. The van der Waals surface area contributed by atoms with Crippen molar-refractivity contribution in [2.75, 3.05) is 7.11 Å². The van der Waals surface area contributed by atoms with Gasteiger partial charge in [0, 0.05) is 5.70 Å². The van der Waals surface area contributed by atoms with Gasteiger partial charge in [-0.25, -0.2) is 9.59 Å². The lowest BCUT2D eigenvalue weighted by Crippen LogP contribution is -2.45. The molecule has 1 saturated carbocycles. The van der Waals surface area contributed by atoms with Gasteiger partial charge in [-0.2, -0.15) is 0 Å². The summed E-state index contributed by atoms with van der Waals surface area (Å²) in [5.41, 5.74) is 1.72. The summed E-state index contributed by atoms with van der Waals surface area (Å²) in [6.45, 7) is 3.82. The number of hydrogen-bond donors (Lipinski definition) is 2. The second-order valence-corrected chi connectivity index (χ2v) is 7.67. The van der Waals surface area contributed by atoms with Crippen molar-refractivity contribution in [3.63, 3.8) is 0 Å². The third-order valence-electron chi connectivity index (χ3n) is 5.04. The van der Waals surface area contributed by atoms with Crippen LogP contribution in [0.5, 0.6) is 5.75 Å². The highest BCUT2D eigenvalue weighted by molar-refractivity contribution is 9.10. The minimum absolute atomic E-state index is 0.0660. The van der Waals surface area contributed by atoms with Crippen molar-refractivity contribution in [3.05, 3.63) is 39.5 Å². The molecule has 1 aliphatic heterocycles. The molecule has 3 atom stereocenters. The molecule has 1 aromatic rings. The summed E-state index contributed by atoms with van der Waals surface area (Å²) < 4.78 is 11.8. The molecule has 2 aliphatic rings. The van der Waals surface area contributed by atoms with Crippen molar-refractivity contribution >= 4 is 27.9 Å². The highest BCUT2D eigenvalue weighted by Crippen LogP contribution is 2.34. The molecule has 2 N–H and O–H groups in total. The van der Waals surface area contributed by atoms with Crippen LogP contribution >= 0.6 is 15.9 Å². The molecule has 140 valence electrons. The first kappa shape index (κ1) is 18.8. The lowest BCUT2D eigenvalue weighted by atomic mass is 9.95. The number of urea groups is 1. The van der Waals surface area contributed by atoms with Crippen molar-refractivity contribution in [3.8, 4) is 5.75 Å². The van der Waals surface area contributed by atoms with Crippen molar-refractivity contribution < 1.29 is 19.1 Å². The van der Waals surface area contributed by atoms with Gasteiger partial charge in [0.1, 0.15) is 11.9 Å². The monoisotopic (exact) mass is 422 g/mol. The van der Waals surface area contributed by atoms with E-state index in [0.717, 1.165) is 29.3 Å². The van der Waals surface area contributed by atoms with Gasteiger partial charge in [-0.05, 0) is 65.7 Å². The number of rotatable bonds is 4. The van der Waals surface area contributed by atoms with Crippen LogP contribution < -0.4 is 15.4 Å². The number of methoxy groups -OCH3 is 1. The number of ether oxygens (including phenoxy) is 2. The normalized spacial score (nSPS) is 25.5. The summed E-state index contributed by atoms with van der Waals surface area (Å²) in [4.78, 5) is 24.9. The van der Waals surface area contributed by atoms with E-state index in [1.54, 1.807) is 20.1 Å². The number of carbonyl (C=O) groups is 2. The van der Waals surface area contributed by atoms with Crippen LogP contribution in [0, 0.1) is 5.92 Å². The zero-order valence-electron chi connectivity index (χ0n) is 15.1. The number of esters is 1. The van der Waals surface area contributed by atoms with Gasteiger partial charge < -0.3 is 20.1 Å². The maximum atomic E-state index is 12.9. The van der Waals surface area contributed by atoms with Crippen LogP contribution in [0.1, 0.15) is 44.7 Å². The van der Waals surface area contributed by atoms with E-state index < -0.39 is 6.04 Å². The van der Waals surface area contributed by atoms with Crippen molar-refractivity contribution in [1.29, 1.82) is 0 Å². The Hall–Kier alpha value is -2.02. The first-order chi connectivity index (χ1) is 12.4. The minimum atomic E-state index is -0.574. The Bertz CT molecular complexity index is 762. The molecule has 0 spiro atoms. The largest absolute Gasteiger partial charge is 0.496 e. The molecule has 1 fully saturated rings. The number of allylic oxidation sites excluding steroid dienone is 1. The number of hydrogen-bond acceptors (Lipinski definition) is 4. The maximum absolute atomic E-state index is 12.9. The van der Waals surface area contributed by atoms with Crippen LogP contribution in [0.25, 0.3) is 0 Å². The lowest BCUT2D eigenvalue weighted by Gasteiger charge is -2.29. The van der Waals surface area contributed by atoms with Crippen LogP contribution in [0.2, 0.25) is 0 Å². The smallest absolute Gasteiger partial charge is 0.338 e. The van der Waals surface area contributed by atoms with E-state index in [2.05, 4.69) is 33.5 Å². The van der Waals surface area contributed by atoms with Crippen LogP contribution in [0.15, 0.2) is 33.9 Å². The molecule has 0 unspecified atom stereocenters. The molecule has 0 bridgehead atoms. The highest BCUT2D eigenvalue weighted by Gasteiger charge is 2.35. The minimum Gasteiger partial charge on any atom is -0.496 e. The molecular weight excluding hydrogens is 400 g/mol. The molecule has 26 heavy (non-hydrogen) atoms. The standard InChI is InChI=1S/C19H23BrN2O4/c1-10-5-4-6-14(10)26-18(23)16-11(2)21-19(24)22-17(16)12-7-8-15(25-3)13(20)9-12/h7-10,14,17H,4-6H2,1-3H3,(H2,21,22,24)/t10-,14-,17-/m1/s1. The summed E-state index contributed by atoms with van der Waals surface area (Å²) in [7, 11) is 1.59. The number of halogens is 1. The van der Waals surface area contributed by atoms with Gasteiger partial charge in [0.2, 0.25) is 0 Å². The Morgan fingerprint density at radius 1 is 1.31 bits per heavy atom. The second kappa shape index (κ2) is 7.70. The molecule has 7 heteroatoms. The van der Waals surface area contributed by atoms with Gasteiger partial charge in [0.15, 0.2) is 0 Å². The molecule has 1 aliphatic carbocycles. The predicted molar refractivity (Wildman–Crippen MR) is 101 cm³/mol. The summed E-state index contributed by atoms with van der Waals surface area (Å²) in [6.07, 6.45) is 2.96. The number of carbonyl (C=O) groups excluding carboxylic acids is 2. The topological polar surface area (TPSA) is 76.7 Å². The second-order valence-electron chi connectivity index (χ2n) is 6.82. The molecular formula is C19H23BrN2O4. The van der Waals surface area contributed by atoms with Crippen molar-refractivity contribution in [2.24, 2.45) is 5.92 Å². The molecule has 1 heterocycles. The first-order valence-electron chi connectivity index (χ1n) is 8.73. The van der Waals surface area contributed by atoms with Crippen LogP contribution in [0.4, 0.5) is 4.79 Å². The van der Waals surface area contributed by atoms with Crippen molar-refractivity contribution in [1.82, 2.24) is 10.6 Å². The zero-order chi connectivity index (χ0) is 18.8. The third kappa shape index (κ3) is 3.72. The van der Waals surface area contributed by atoms with E-state index in [1.807, 2.05) is 12.1 Å². The highest BCUT2D eigenvalue weighted by atomic mass is 79.9. The molecule has 6 nitrogen and oxygen atoms in total. The number of benzene rings is 1. The molecule has 2 amide bonds. The summed E-state index contributed by atoms with van der Waals surface area (Å²) in [6, 6.07) is 4.55. The number of nitrogens with one attached hydrogen (secondary N) is 2. The molecule has 1 aromatic carbocycles. The summed E-state index contributed by atoms with van der Waals surface area (Å²) in [5, 5.41) is 5.50. The van der Waals surface area contributed by atoms with E-state index in [9.17, 15) is 9.59 Å².